The number of carbonyl (C=O) groups excluding carboxylic acids is 2. The highest BCUT2D eigenvalue weighted by atomic mass is 16.5. The molecule has 0 bridgehead atoms. The first-order valence-electron chi connectivity index (χ1n) is 9.06. The van der Waals surface area contributed by atoms with Crippen LogP contribution in [-0.2, 0) is 9.53 Å². The van der Waals surface area contributed by atoms with Crippen molar-refractivity contribution in [2.75, 3.05) is 13.2 Å². The lowest BCUT2D eigenvalue weighted by molar-refractivity contribution is -0.138. The molecule has 2 amide bonds. The number of hydrogen-bond acceptors (Lipinski definition) is 5. The van der Waals surface area contributed by atoms with Crippen molar-refractivity contribution in [3.8, 4) is 5.75 Å². The summed E-state index contributed by atoms with van der Waals surface area (Å²) >= 11 is 0. The maximum absolute atomic E-state index is 13.0. The van der Waals surface area contributed by atoms with E-state index in [4.69, 9.17) is 4.74 Å². The number of aromatic nitrogens is 1. The van der Waals surface area contributed by atoms with E-state index in [9.17, 15) is 14.7 Å². The van der Waals surface area contributed by atoms with Gasteiger partial charge >= 0.3 is 0 Å². The SMILES string of the molecule is O=C(c1cncc(O)c1)N1CC[C@@]23OC[C@@H](c4ccccc4)N2C(=O)C[C@@H]13. The van der Waals surface area contributed by atoms with E-state index >= 15 is 0 Å². The van der Waals surface area contributed by atoms with E-state index in [1.807, 2.05) is 35.2 Å². The van der Waals surface area contributed by atoms with Crippen LogP contribution in [0.1, 0.15) is 34.8 Å². The molecular formula is C20H19N3O4. The zero-order chi connectivity index (χ0) is 18.6. The van der Waals surface area contributed by atoms with Crippen LogP contribution in [0.25, 0.3) is 0 Å². The fourth-order valence-corrected chi connectivity index (χ4v) is 4.72. The minimum absolute atomic E-state index is 0.0119. The second kappa shape index (κ2) is 5.79. The first kappa shape index (κ1) is 16.3. The molecular weight excluding hydrogens is 346 g/mol. The molecule has 138 valence electrons. The smallest absolute Gasteiger partial charge is 0.255 e. The van der Waals surface area contributed by atoms with E-state index in [1.165, 1.54) is 18.5 Å². The average Bonchev–Trinajstić information content (AvgIpc) is 3.31. The van der Waals surface area contributed by atoms with Crippen molar-refractivity contribution in [3.05, 3.63) is 59.9 Å². The van der Waals surface area contributed by atoms with E-state index in [2.05, 4.69) is 4.98 Å². The van der Waals surface area contributed by atoms with Crippen molar-refractivity contribution < 1.29 is 19.4 Å². The van der Waals surface area contributed by atoms with Crippen LogP contribution in [0.15, 0.2) is 48.8 Å². The molecule has 1 N–H and O–H groups in total. The zero-order valence-corrected chi connectivity index (χ0v) is 14.6. The number of hydrogen-bond donors (Lipinski definition) is 1. The number of aromatic hydroxyl groups is 1. The molecule has 2 aromatic rings. The zero-order valence-electron chi connectivity index (χ0n) is 14.6. The van der Waals surface area contributed by atoms with Crippen LogP contribution < -0.4 is 0 Å². The van der Waals surface area contributed by atoms with Gasteiger partial charge in [0.2, 0.25) is 5.91 Å². The Morgan fingerprint density at radius 2 is 2.07 bits per heavy atom. The van der Waals surface area contributed by atoms with E-state index < -0.39 is 5.72 Å². The number of carbonyl (C=O) groups is 2. The topological polar surface area (TPSA) is 83.0 Å². The molecule has 0 aliphatic carbocycles. The van der Waals surface area contributed by atoms with Crippen LogP contribution in [0.3, 0.4) is 0 Å². The molecule has 3 atom stereocenters. The fraction of sp³-hybridized carbons (Fsp3) is 0.350. The third-order valence-electron chi connectivity index (χ3n) is 5.87. The van der Waals surface area contributed by atoms with Crippen LogP contribution in [0, 0.1) is 0 Å². The van der Waals surface area contributed by atoms with Crippen molar-refractivity contribution in [2.24, 2.45) is 0 Å². The van der Waals surface area contributed by atoms with Gasteiger partial charge in [0, 0.05) is 19.2 Å². The molecule has 1 aromatic carbocycles. The third-order valence-corrected chi connectivity index (χ3v) is 5.87. The number of amides is 2. The van der Waals surface area contributed by atoms with Gasteiger partial charge in [0.05, 0.1) is 36.9 Å². The fourth-order valence-electron chi connectivity index (χ4n) is 4.72. The van der Waals surface area contributed by atoms with Crippen molar-refractivity contribution >= 4 is 11.8 Å². The number of nitrogens with zero attached hydrogens (tertiary/aromatic N) is 3. The Morgan fingerprint density at radius 3 is 2.85 bits per heavy atom. The number of likely N-dealkylation sites (tertiary alicyclic amines) is 1. The molecule has 3 aliphatic rings. The third kappa shape index (κ3) is 2.28. The van der Waals surface area contributed by atoms with E-state index in [-0.39, 0.29) is 36.1 Å². The summed E-state index contributed by atoms with van der Waals surface area (Å²) in [5, 5.41) is 9.62. The van der Waals surface area contributed by atoms with Crippen LogP contribution in [-0.4, -0.2) is 56.6 Å². The molecule has 1 spiro atoms. The monoisotopic (exact) mass is 365 g/mol. The van der Waals surface area contributed by atoms with Crippen molar-refractivity contribution in [1.82, 2.24) is 14.8 Å². The van der Waals surface area contributed by atoms with Gasteiger partial charge in [0.1, 0.15) is 5.75 Å². The Labute approximate surface area is 156 Å². The highest BCUT2D eigenvalue weighted by molar-refractivity contribution is 5.96. The summed E-state index contributed by atoms with van der Waals surface area (Å²) in [5.41, 5.74) is 0.609. The Hall–Kier alpha value is -2.93. The Balaban J connectivity index is 1.47. The lowest BCUT2D eigenvalue weighted by Crippen LogP contribution is -2.49. The summed E-state index contributed by atoms with van der Waals surface area (Å²) in [7, 11) is 0. The number of ether oxygens (including phenoxy) is 1. The normalized spacial score (nSPS) is 29.1. The summed E-state index contributed by atoms with van der Waals surface area (Å²) in [4.78, 5) is 33.3. The Bertz CT molecular complexity index is 918. The second-order valence-corrected chi connectivity index (χ2v) is 7.25. The molecule has 7 nitrogen and oxygen atoms in total. The largest absolute Gasteiger partial charge is 0.506 e. The lowest BCUT2D eigenvalue weighted by Gasteiger charge is -2.33. The molecule has 3 saturated heterocycles. The van der Waals surface area contributed by atoms with Gasteiger partial charge in [-0.3, -0.25) is 14.6 Å². The van der Waals surface area contributed by atoms with Gasteiger partial charge in [-0.1, -0.05) is 30.3 Å². The molecule has 0 radical (unpaired) electrons. The molecule has 4 heterocycles. The van der Waals surface area contributed by atoms with Gasteiger partial charge in [-0.25, -0.2) is 0 Å². The molecule has 5 rings (SSSR count). The van der Waals surface area contributed by atoms with Gasteiger partial charge in [-0.05, 0) is 11.6 Å². The van der Waals surface area contributed by atoms with Gasteiger partial charge in [-0.2, -0.15) is 0 Å². The van der Waals surface area contributed by atoms with Crippen LogP contribution >= 0.6 is 0 Å². The molecule has 27 heavy (non-hydrogen) atoms. The summed E-state index contributed by atoms with van der Waals surface area (Å²) < 4.78 is 6.21. The number of pyridine rings is 1. The molecule has 1 aromatic heterocycles. The summed E-state index contributed by atoms with van der Waals surface area (Å²) in [6.07, 6.45) is 3.56. The molecule has 7 heteroatoms. The highest BCUT2D eigenvalue weighted by Crippen LogP contribution is 2.51. The van der Waals surface area contributed by atoms with Crippen LogP contribution in [0.4, 0.5) is 0 Å². The van der Waals surface area contributed by atoms with Crippen LogP contribution in [0.2, 0.25) is 0 Å². The quantitative estimate of drug-likeness (QED) is 0.876. The number of rotatable bonds is 2. The molecule has 0 unspecified atom stereocenters. The maximum atomic E-state index is 13.0. The van der Waals surface area contributed by atoms with Gasteiger partial charge in [0.25, 0.3) is 5.91 Å². The highest BCUT2D eigenvalue weighted by Gasteiger charge is 2.65. The van der Waals surface area contributed by atoms with Crippen molar-refractivity contribution in [3.63, 3.8) is 0 Å². The minimum atomic E-state index is -0.752. The van der Waals surface area contributed by atoms with Gasteiger partial charge < -0.3 is 19.6 Å². The molecule has 3 aliphatic heterocycles. The Kier molecular flexibility index (Phi) is 3.48. The molecule has 0 saturated carbocycles. The first-order chi connectivity index (χ1) is 13.1. The first-order valence-corrected chi connectivity index (χ1v) is 9.06. The summed E-state index contributed by atoms with van der Waals surface area (Å²) in [6.45, 7) is 0.937. The summed E-state index contributed by atoms with van der Waals surface area (Å²) in [6, 6.07) is 10.8. The minimum Gasteiger partial charge on any atom is -0.506 e. The predicted molar refractivity (Wildman–Crippen MR) is 94.7 cm³/mol. The lowest BCUT2D eigenvalue weighted by atomic mass is 10.0. The standard InChI is InChI=1S/C20H19N3O4/c24-15-8-14(10-21-11-15)19(26)22-7-6-20-17(22)9-18(25)23(20)16(12-27-20)13-4-2-1-3-5-13/h1-5,8,10-11,16-17,24H,6-7,9,12H2/t16-,17+,20-/m0/s1. The van der Waals surface area contributed by atoms with Gasteiger partial charge in [-0.15, -0.1) is 0 Å². The maximum Gasteiger partial charge on any atom is 0.255 e. The predicted octanol–water partition coefficient (Wildman–Crippen LogP) is 1.70. The van der Waals surface area contributed by atoms with Crippen molar-refractivity contribution in [2.45, 2.75) is 30.7 Å². The molecule has 3 fully saturated rings. The van der Waals surface area contributed by atoms with Gasteiger partial charge in [0.15, 0.2) is 5.72 Å². The Morgan fingerprint density at radius 1 is 1.26 bits per heavy atom. The van der Waals surface area contributed by atoms with Crippen LogP contribution in [0.5, 0.6) is 5.75 Å². The van der Waals surface area contributed by atoms with Crippen molar-refractivity contribution in [1.29, 1.82) is 0 Å². The van der Waals surface area contributed by atoms with E-state index in [1.54, 1.807) is 4.90 Å². The van der Waals surface area contributed by atoms with E-state index in [0.717, 1.165) is 5.56 Å². The van der Waals surface area contributed by atoms with E-state index in [0.29, 0.717) is 25.1 Å². The summed E-state index contributed by atoms with van der Waals surface area (Å²) in [5.74, 6) is -0.278. The second-order valence-electron chi connectivity index (χ2n) is 7.25. The average molecular weight is 365 g/mol. The number of benzene rings is 1.